The second kappa shape index (κ2) is 25.1. The first kappa shape index (κ1) is 59.3. The van der Waals surface area contributed by atoms with Crippen molar-refractivity contribution in [2.24, 2.45) is 52.5 Å². The molecule has 23 atom stereocenters. The molecule has 400 valence electrons. The van der Waals surface area contributed by atoms with E-state index in [1.165, 1.54) is 35.2 Å². The van der Waals surface area contributed by atoms with Crippen molar-refractivity contribution in [3.05, 3.63) is 0 Å². The van der Waals surface area contributed by atoms with Crippen molar-refractivity contribution in [3.8, 4) is 0 Å². The fourth-order valence-corrected chi connectivity index (χ4v) is 11.1. The average Bonchev–Trinajstić information content (AvgIpc) is 3.26. The molecule has 4 rings (SSSR count). The third-order valence-electron chi connectivity index (χ3n) is 15.1. The lowest BCUT2D eigenvalue weighted by Crippen LogP contribution is -2.59. The lowest BCUT2D eigenvalue weighted by Gasteiger charge is -2.46. The van der Waals surface area contributed by atoms with E-state index in [1.54, 1.807) is 41.5 Å². The van der Waals surface area contributed by atoms with Crippen LogP contribution in [0.2, 0.25) is 0 Å². The van der Waals surface area contributed by atoms with Crippen LogP contribution in [0.15, 0.2) is 5.16 Å². The van der Waals surface area contributed by atoms with E-state index >= 15 is 4.79 Å². The van der Waals surface area contributed by atoms with Crippen LogP contribution in [0.3, 0.4) is 0 Å². The summed E-state index contributed by atoms with van der Waals surface area (Å²) in [6, 6.07) is 0. The normalized spacial score (nSPS) is 45.5. The van der Waals surface area contributed by atoms with Crippen LogP contribution in [-0.4, -0.2) is 174 Å². The van der Waals surface area contributed by atoms with Crippen molar-refractivity contribution in [2.75, 3.05) is 27.9 Å². The molecule has 3 aliphatic heterocycles. The Hall–Kier alpha value is -2.24. The van der Waals surface area contributed by atoms with Crippen LogP contribution in [0.5, 0.6) is 0 Å². The first-order chi connectivity index (χ1) is 32.1. The Morgan fingerprint density at radius 1 is 0.754 bits per heavy atom. The minimum atomic E-state index is -2.03. The number of nitrogens with zero attached hydrogens (tertiary/aromatic N) is 1. The van der Waals surface area contributed by atoms with Crippen molar-refractivity contribution in [3.63, 3.8) is 0 Å². The molecule has 4 fully saturated rings. The number of hydrogen-bond acceptors (Lipinski definition) is 19. The molecular formula is C50H87NO18. The average molecular weight is 990 g/mol. The molecule has 0 amide bonds. The monoisotopic (exact) mass is 990 g/mol. The van der Waals surface area contributed by atoms with Gasteiger partial charge < -0.3 is 73.0 Å². The first-order valence-corrected chi connectivity index (χ1v) is 24.9. The largest absolute Gasteiger partial charge is 0.461 e. The van der Waals surface area contributed by atoms with E-state index in [0.717, 1.165) is 0 Å². The number of carbonyl (C=O) groups excluding carboxylic acids is 3. The van der Waals surface area contributed by atoms with E-state index in [2.05, 4.69) is 5.16 Å². The van der Waals surface area contributed by atoms with Gasteiger partial charge >= 0.3 is 5.97 Å². The maximum atomic E-state index is 15.3. The number of ketones is 2. The Morgan fingerprint density at radius 2 is 1.39 bits per heavy atom. The predicted molar refractivity (Wildman–Crippen MR) is 250 cm³/mol. The number of Topliss-reactive ketones (excluding diaryl/α,β-unsaturated/α-hetero) is 2. The van der Waals surface area contributed by atoms with Gasteiger partial charge in [-0.1, -0.05) is 60.5 Å². The molecule has 3 heterocycles. The van der Waals surface area contributed by atoms with Crippen LogP contribution in [-0.2, 0) is 61.9 Å². The highest BCUT2D eigenvalue weighted by molar-refractivity contribution is 5.90. The molecule has 0 spiro atoms. The third-order valence-corrected chi connectivity index (χ3v) is 15.1. The maximum Gasteiger partial charge on any atom is 0.306 e. The van der Waals surface area contributed by atoms with Gasteiger partial charge in [-0.05, 0) is 70.6 Å². The summed E-state index contributed by atoms with van der Waals surface area (Å²) in [5.41, 5.74) is -3.36. The number of rotatable bonds is 14. The molecule has 69 heavy (non-hydrogen) atoms. The van der Waals surface area contributed by atoms with Gasteiger partial charge in [-0.25, -0.2) is 0 Å². The molecule has 4 aliphatic rings. The topological polar surface area (TPSA) is 257 Å². The molecule has 0 aromatic heterocycles. The predicted octanol–water partition coefficient (Wildman–Crippen LogP) is 3.73. The molecule has 19 heteroatoms. The van der Waals surface area contributed by atoms with Crippen molar-refractivity contribution < 1.29 is 87.4 Å². The maximum absolute atomic E-state index is 15.3. The second-order valence-electron chi connectivity index (χ2n) is 21.6. The Kier molecular flexibility index (Phi) is 21.6. The molecule has 3 saturated heterocycles. The lowest BCUT2D eigenvalue weighted by molar-refractivity contribution is -0.304. The highest BCUT2D eigenvalue weighted by Gasteiger charge is 2.52. The van der Waals surface area contributed by atoms with E-state index in [4.69, 9.17) is 47.5 Å². The molecular weight excluding hydrogens is 903 g/mol. The van der Waals surface area contributed by atoms with E-state index in [1.807, 2.05) is 34.6 Å². The smallest absolute Gasteiger partial charge is 0.306 e. The number of ether oxygens (including phenoxy) is 9. The molecule has 5 N–H and O–H groups in total. The standard InChI is InChI=1S/C50H87NO18/c1-23(2)17-36(53)67-41-27(6)33(25(4)22-63-48-44(61-15)43(60-14)38(54)31(10)66-48)19-35(52)28(7)42(68-37-21-50(13,59)46(57)32(11)65-37)29(8)40(24(3)20-49(12,58)45(56)30(41)9)69-47-39(55)34(51-62-16)18-26(5)64-47/h23-33,37-44,46-48,54-55,57-59H,17-22H2,1-16H3/t24-,25-,26+,27-,28-,29+,30+,31+,32-,33+,37-,38+,39+,40-,41+,42+,43+,44+,46-,47-,48+,49-,50+/m0/s1. The molecule has 19 nitrogen and oxygen atoms in total. The van der Waals surface area contributed by atoms with Gasteiger partial charge in [0.2, 0.25) is 0 Å². The lowest BCUT2D eigenvalue weighted by atomic mass is 9.69. The van der Waals surface area contributed by atoms with E-state index < -0.39 is 150 Å². The van der Waals surface area contributed by atoms with Gasteiger partial charge in [0.05, 0.1) is 54.4 Å². The quantitative estimate of drug-likeness (QED) is 0.123. The first-order valence-electron chi connectivity index (χ1n) is 24.9. The summed E-state index contributed by atoms with van der Waals surface area (Å²) in [4.78, 5) is 48.8. The van der Waals surface area contributed by atoms with Crippen molar-refractivity contribution in [1.82, 2.24) is 0 Å². The Labute approximate surface area is 409 Å². The van der Waals surface area contributed by atoms with Crippen LogP contribution in [0.1, 0.15) is 122 Å². The van der Waals surface area contributed by atoms with Crippen LogP contribution < -0.4 is 0 Å². The summed E-state index contributed by atoms with van der Waals surface area (Å²) < 4.78 is 55.9. The number of hydrogen-bond donors (Lipinski definition) is 5. The summed E-state index contributed by atoms with van der Waals surface area (Å²) in [6.45, 7) is 22.4. The minimum absolute atomic E-state index is 0.00137. The van der Waals surface area contributed by atoms with Gasteiger partial charge in [-0.2, -0.15) is 0 Å². The molecule has 0 radical (unpaired) electrons. The van der Waals surface area contributed by atoms with Crippen molar-refractivity contribution in [2.45, 2.75) is 219 Å². The highest BCUT2D eigenvalue weighted by Crippen LogP contribution is 2.42. The van der Waals surface area contributed by atoms with Crippen LogP contribution in [0.4, 0.5) is 0 Å². The Morgan fingerprint density at radius 3 is 1.97 bits per heavy atom. The molecule has 0 aromatic carbocycles. The number of oxime groups is 1. The van der Waals surface area contributed by atoms with E-state index in [9.17, 15) is 35.1 Å². The zero-order chi connectivity index (χ0) is 52.0. The van der Waals surface area contributed by atoms with Crippen LogP contribution in [0.25, 0.3) is 0 Å². The summed E-state index contributed by atoms with van der Waals surface area (Å²) >= 11 is 0. The SMILES string of the molecule is CON=C1C[C@@H](C)O[C@@H](O[C@@H]2[C@@H](C)[C@H](O[C@H]3C[C@@](C)(O)[C@@H](O)[C@H](C)O3)[C@@H](C)C(=O)C[C@H]([C@@H](C)CO[C@@H]3O[C@H](C)[C@@H](O)[C@@H](OC)[C@H]3OC)[C@H](C)[C@@H](OC(=O)CC(C)C)[C@@H](C)C(=O)[C@@](C)(O)C[C@@H]2C)[C@@H]1O. The summed E-state index contributed by atoms with van der Waals surface area (Å²) in [7, 11) is 4.28. The fraction of sp³-hybridized carbons (Fsp3) is 0.920. The molecule has 0 aromatic rings. The number of aliphatic hydroxyl groups is 5. The molecule has 1 aliphatic carbocycles. The fourth-order valence-electron chi connectivity index (χ4n) is 11.1. The minimum Gasteiger partial charge on any atom is -0.461 e. The zero-order valence-corrected chi connectivity index (χ0v) is 43.9. The summed E-state index contributed by atoms with van der Waals surface area (Å²) in [5.74, 6) is -6.71. The van der Waals surface area contributed by atoms with Crippen LogP contribution in [0, 0.1) is 47.3 Å². The van der Waals surface area contributed by atoms with Gasteiger partial charge in [0.25, 0.3) is 0 Å². The third kappa shape index (κ3) is 14.5. The number of esters is 1. The van der Waals surface area contributed by atoms with Crippen LogP contribution >= 0.6 is 0 Å². The molecule has 1 saturated carbocycles. The summed E-state index contributed by atoms with van der Waals surface area (Å²) in [5, 5.41) is 60.9. The summed E-state index contributed by atoms with van der Waals surface area (Å²) in [6.07, 6.45) is -13.8. The zero-order valence-electron chi connectivity index (χ0n) is 43.9. The highest BCUT2D eigenvalue weighted by atomic mass is 16.7. The number of aliphatic hydroxyl groups excluding tert-OH is 3. The second-order valence-corrected chi connectivity index (χ2v) is 21.6. The van der Waals surface area contributed by atoms with Crippen molar-refractivity contribution >= 4 is 23.2 Å². The molecule has 0 unspecified atom stereocenters. The van der Waals surface area contributed by atoms with Gasteiger partial charge in [-0.15, -0.1) is 0 Å². The van der Waals surface area contributed by atoms with E-state index in [-0.39, 0.29) is 56.1 Å². The van der Waals surface area contributed by atoms with Gasteiger partial charge in [0.1, 0.15) is 55.1 Å². The molecule has 0 bridgehead atoms. The number of methoxy groups -OCH3 is 2. The van der Waals surface area contributed by atoms with Crippen molar-refractivity contribution in [1.29, 1.82) is 0 Å². The van der Waals surface area contributed by atoms with Gasteiger partial charge in [0.15, 0.2) is 24.7 Å². The Balaban J connectivity index is 1.88. The number of carbonyl (C=O) groups is 3. The Bertz CT molecular complexity index is 1690. The van der Waals surface area contributed by atoms with E-state index in [0.29, 0.717) is 0 Å². The van der Waals surface area contributed by atoms with Gasteiger partial charge in [-0.3, -0.25) is 14.4 Å². The van der Waals surface area contributed by atoms with Gasteiger partial charge in [0, 0.05) is 51.7 Å².